The van der Waals surface area contributed by atoms with Gasteiger partial charge in [-0.3, -0.25) is 4.79 Å². The molecule has 0 aliphatic rings. The van der Waals surface area contributed by atoms with Gasteiger partial charge in [-0.15, -0.1) is 0 Å². The topological polar surface area (TPSA) is 55.6 Å². The van der Waals surface area contributed by atoms with Crippen molar-refractivity contribution in [1.29, 1.82) is 0 Å². The zero-order valence-corrected chi connectivity index (χ0v) is 15.0. The van der Waals surface area contributed by atoms with Crippen LogP contribution in [0, 0.1) is 5.82 Å². The van der Waals surface area contributed by atoms with Gasteiger partial charge in [0, 0.05) is 31.4 Å². The van der Waals surface area contributed by atoms with Crippen LogP contribution in [0.4, 0.5) is 15.8 Å². The average Bonchev–Trinajstić information content (AvgIpc) is 2.63. The van der Waals surface area contributed by atoms with E-state index in [0.717, 1.165) is 28.9 Å². The first kappa shape index (κ1) is 18.8. The minimum Gasteiger partial charge on any atom is -0.469 e. The second-order valence-electron chi connectivity index (χ2n) is 6.03. The number of carbonyl (C=O) groups is 1. The number of rotatable bonds is 7. The largest absolute Gasteiger partial charge is 0.469 e. The van der Waals surface area contributed by atoms with Gasteiger partial charge in [0.25, 0.3) is 0 Å². The van der Waals surface area contributed by atoms with Gasteiger partial charge in [0.2, 0.25) is 0 Å². The smallest absolute Gasteiger partial charge is 0.305 e. The fraction of sp³-hybridized carbons (Fsp3) is 0.350. The van der Waals surface area contributed by atoms with E-state index in [4.69, 9.17) is 10.5 Å². The second-order valence-corrected chi connectivity index (χ2v) is 6.03. The molecule has 2 N–H and O–H groups in total. The lowest BCUT2D eigenvalue weighted by molar-refractivity contribution is -0.140. The molecule has 2 rings (SSSR count). The maximum absolute atomic E-state index is 13.1. The summed E-state index contributed by atoms with van der Waals surface area (Å²) in [5.41, 5.74) is 11.1. The number of ether oxygens (including phenoxy) is 1. The summed E-state index contributed by atoms with van der Waals surface area (Å²) in [6.45, 7) is 2.90. The molecule has 4 nitrogen and oxygen atoms in total. The predicted octanol–water partition coefficient (Wildman–Crippen LogP) is 3.56. The highest BCUT2D eigenvalue weighted by atomic mass is 19.1. The van der Waals surface area contributed by atoms with E-state index in [9.17, 15) is 9.18 Å². The number of nitrogens with two attached hydrogens (primary N) is 1. The summed E-state index contributed by atoms with van der Waals surface area (Å²) in [5, 5.41) is 0. The van der Waals surface area contributed by atoms with Crippen LogP contribution in [0.1, 0.15) is 30.0 Å². The molecule has 0 aliphatic carbocycles. The lowest BCUT2D eigenvalue weighted by atomic mass is 9.96. The van der Waals surface area contributed by atoms with Crippen LogP contribution in [-0.4, -0.2) is 26.7 Å². The monoisotopic (exact) mass is 344 g/mol. The Morgan fingerprint density at radius 2 is 1.88 bits per heavy atom. The van der Waals surface area contributed by atoms with Crippen molar-refractivity contribution in [2.75, 3.05) is 31.3 Å². The van der Waals surface area contributed by atoms with Crippen molar-refractivity contribution in [3.8, 4) is 0 Å². The van der Waals surface area contributed by atoms with Crippen molar-refractivity contribution in [3.05, 3.63) is 58.9 Å². The molecular formula is C20H25FN2O2. The number of halogens is 1. The van der Waals surface area contributed by atoms with Crippen molar-refractivity contribution in [1.82, 2.24) is 0 Å². The second kappa shape index (κ2) is 8.51. The third-order valence-corrected chi connectivity index (χ3v) is 4.42. The minimum atomic E-state index is -0.256. The predicted molar refractivity (Wildman–Crippen MR) is 99.3 cm³/mol. The van der Waals surface area contributed by atoms with Gasteiger partial charge in [-0.25, -0.2) is 4.39 Å². The fourth-order valence-electron chi connectivity index (χ4n) is 2.80. The molecule has 2 aromatic rings. The minimum absolute atomic E-state index is 0.254. The molecule has 0 atom stereocenters. The third kappa shape index (κ3) is 4.72. The molecule has 0 spiro atoms. The lowest BCUT2D eigenvalue weighted by Crippen LogP contribution is -2.19. The molecule has 0 saturated heterocycles. The van der Waals surface area contributed by atoms with Gasteiger partial charge in [0.15, 0.2) is 0 Å². The normalized spacial score (nSPS) is 10.6. The molecular weight excluding hydrogens is 319 g/mol. The van der Waals surface area contributed by atoms with Crippen LogP contribution in [0.5, 0.6) is 0 Å². The Balaban J connectivity index is 2.34. The number of hydrogen-bond donors (Lipinski definition) is 1. The van der Waals surface area contributed by atoms with Gasteiger partial charge < -0.3 is 15.4 Å². The van der Waals surface area contributed by atoms with Crippen molar-refractivity contribution < 1.29 is 13.9 Å². The summed E-state index contributed by atoms with van der Waals surface area (Å²) in [4.78, 5) is 13.6. The Hall–Kier alpha value is -2.56. The number of esters is 1. The van der Waals surface area contributed by atoms with E-state index in [1.54, 1.807) is 12.1 Å². The SMILES string of the molecule is CCN(C)c1ccc(Cc2ccc(F)cc2)c(N)c1CCC(=O)OC. The van der Waals surface area contributed by atoms with E-state index < -0.39 is 0 Å². The molecule has 0 aromatic heterocycles. The van der Waals surface area contributed by atoms with Crippen molar-refractivity contribution >= 4 is 17.3 Å². The molecule has 0 fully saturated rings. The molecule has 0 bridgehead atoms. The first-order chi connectivity index (χ1) is 12.0. The Morgan fingerprint density at radius 1 is 1.20 bits per heavy atom. The molecule has 134 valence electrons. The highest BCUT2D eigenvalue weighted by molar-refractivity contribution is 5.73. The molecule has 0 amide bonds. The molecule has 0 saturated carbocycles. The Kier molecular flexibility index (Phi) is 6.39. The Labute approximate surface area is 148 Å². The highest BCUT2D eigenvalue weighted by Crippen LogP contribution is 2.31. The maximum atomic E-state index is 13.1. The number of methoxy groups -OCH3 is 1. The highest BCUT2D eigenvalue weighted by Gasteiger charge is 2.15. The van der Waals surface area contributed by atoms with E-state index >= 15 is 0 Å². The van der Waals surface area contributed by atoms with E-state index in [-0.39, 0.29) is 18.2 Å². The van der Waals surface area contributed by atoms with Crippen molar-refractivity contribution in [2.24, 2.45) is 0 Å². The van der Waals surface area contributed by atoms with Gasteiger partial charge in [-0.1, -0.05) is 18.2 Å². The van der Waals surface area contributed by atoms with Gasteiger partial charge in [-0.2, -0.15) is 0 Å². The quantitative estimate of drug-likeness (QED) is 0.616. The number of hydrogen-bond acceptors (Lipinski definition) is 4. The van der Waals surface area contributed by atoms with Gasteiger partial charge in [-0.05, 0) is 54.7 Å². The summed E-state index contributed by atoms with van der Waals surface area (Å²) in [6.07, 6.45) is 1.42. The fourth-order valence-corrected chi connectivity index (χ4v) is 2.80. The van der Waals surface area contributed by atoms with Gasteiger partial charge in [0.05, 0.1) is 7.11 Å². The van der Waals surface area contributed by atoms with Crippen LogP contribution >= 0.6 is 0 Å². The van der Waals surface area contributed by atoms with E-state index in [1.165, 1.54) is 19.2 Å². The summed E-state index contributed by atoms with van der Waals surface area (Å²) in [5.74, 6) is -0.510. The Morgan fingerprint density at radius 3 is 2.48 bits per heavy atom. The first-order valence-corrected chi connectivity index (χ1v) is 8.38. The lowest BCUT2D eigenvalue weighted by Gasteiger charge is -2.23. The molecule has 5 heteroatoms. The van der Waals surface area contributed by atoms with Crippen molar-refractivity contribution in [3.63, 3.8) is 0 Å². The van der Waals surface area contributed by atoms with Crippen LogP contribution in [0.2, 0.25) is 0 Å². The van der Waals surface area contributed by atoms with Crippen LogP contribution in [-0.2, 0) is 22.4 Å². The molecule has 0 aliphatic heterocycles. The first-order valence-electron chi connectivity index (χ1n) is 8.38. The van der Waals surface area contributed by atoms with Crippen LogP contribution in [0.25, 0.3) is 0 Å². The number of nitrogen functional groups attached to an aromatic ring is 1. The van der Waals surface area contributed by atoms with E-state index in [0.29, 0.717) is 18.5 Å². The molecule has 0 unspecified atom stereocenters. The molecule has 0 heterocycles. The molecule has 2 aromatic carbocycles. The summed E-state index contributed by atoms with van der Waals surface area (Å²) < 4.78 is 17.8. The average molecular weight is 344 g/mol. The summed E-state index contributed by atoms with van der Waals surface area (Å²) >= 11 is 0. The van der Waals surface area contributed by atoms with E-state index in [1.807, 2.05) is 19.2 Å². The summed E-state index contributed by atoms with van der Waals surface area (Å²) in [6, 6.07) is 10.4. The molecule has 0 radical (unpaired) electrons. The maximum Gasteiger partial charge on any atom is 0.305 e. The van der Waals surface area contributed by atoms with Crippen LogP contribution in [0.15, 0.2) is 36.4 Å². The van der Waals surface area contributed by atoms with E-state index in [2.05, 4.69) is 11.8 Å². The zero-order valence-electron chi connectivity index (χ0n) is 15.0. The number of carbonyl (C=O) groups excluding carboxylic acids is 1. The summed E-state index contributed by atoms with van der Waals surface area (Å²) in [7, 11) is 3.38. The van der Waals surface area contributed by atoms with Crippen molar-refractivity contribution in [2.45, 2.75) is 26.2 Å². The number of nitrogens with zero attached hydrogens (tertiary/aromatic N) is 1. The molecule has 25 heavy (non-hydrogen) atoms. The Bertz CT molecular complexity index is 729. The zero-order chi connectivity index (χ0) is 18.4. The number of anilines is 2. The van der Waals surface area contributed by atoms with Crippen LogP contribution in [0.3, 0.4) is 0 Å². The van der Waals surface area contributed by atoms with Gasteiger partial charge >= 0.3 is 5.97 Å². The standard InChI is InChI=1S/C20H25FN2O2/c1-4-23(2)18-11-7-15(13-14-5-8-16(21)9-6-14)20(22)17(18)10-12-19(24)25-3/h5-9,11H,4,10,12-13,22H2,1-3H3. The van der Waals surface area contributed by atoms with Gasteiger partial charge in [0.1, 0.15) is 5.82 Å². The third-order valence-electron chi connectivity index (χ3n) is 4.42. The number of benzene rings is 2. The van der Waals surface area contributed by atoms with Crippen LogP contribution < -0.4 is 10.6 Å².